The van der Waals surface area contributed by atoms with Gasteiger partial charge in [0.05, 0.1) is 24.2 Å². The van der Waals surface area contributed by atoms with Crippen LogP contribution in [0.2, 0.25) is 0 Å². The number of carbonyl (C=O) groups is 1. The Morgan fingerprint density at radius 1 is 0.842 bits per heavy atom. The standard InChI is InChI=1S/C46H42FN3O5S2/c1-45(2,3)55-44(51)50-24-22-36-38(29-50)57-43(48-36)40-39(34-21-20-33(47)28-37(34)53-26-25-52-4)41-35(23-27-56-41)42(49-40)54-46(30-14-8-5-9-15-30,31-16-10-6-11-17-31)32-18-12-7-13-19-32/h5-21,23,27-28H,22,24-26,29H2,1-4H3. The van der Waals surface area contributed by atoms with Crippen LogP contribution in [-0.4, -0.2) is 53.4 Å². The monoisotopic (exact) mass is 799 g/mol. The van der Waals surface area contributed by atoms with Crippen molar-refractivity contribution >= 4 is 38.9 Å². The van der Waals surface area contributed by atoms with Crippen LogP contribution < -0.4 is 9.47 Å². The second-order valence-corrected chi connectivity index (χ2v) is 16.7. The average molecular weight is 800 g/mol. The van der Waals surface area contributed by atoms with Gasteiger partial charge in [-0.05, 0) is 44.4 Å². The molecule has 1 aliphatic heterocycles. The fourth-order valence-corrected chi connectivity index (χ4v) is 9.22. The lowest BCUT2D eigenvalue weighted by molar-refractivity contribution is 0.0225. The van der Waals surface area contributed by atoms with Crippen molar-refractivity contribution < 1.29 is 28.1 Å². The van der Waals surface area contributed by atoms with Crippen molar-refractivity contribution in [2.45, 2.75) is 44.9 Å². The van der Waals surface area contributed by atoms with Crippen molar-refractivity contribution in [3.8, 4) is 33.5 Å². The van der Waals surface area contributed by atoms with E-state index in [2.05, 4.69) is 36.4 Å². The molecule has 4 aromatic carbocycles. The van der Waals surface area contributed by atoms with Crippen LogP contribution in [0.25, 0.3) is 31.9 Å². The largest absolute Gasteiger partial charge is 0.490 e. The van der Waals surface area contributed by atoms with Crippen molar-refractivity contribution in [2.24, 2.45) is 0 Å². The third kappa shape index (κ3) is 7.75. The summed E-state index contributed by atoms with van der Waals surface area (Å²) < 4.78 is 40.5. The fraction of sp³-hybridized carbons (Fsp3) is 0.239. The fourth-order valence-electron chi connectivity index (χ4n) is 7.16. The lowest BCUT2D eigenvalue weighted by Gasteiger charge is -2.36. The van der Waals surface area contributed by atoms with Crippen LogP contribution in [0.15, 0.2) is 121 Å². The number of thiazole rings is 1. The molecule has 0 bridgehead atoms. The molecule has 0 spiro atoms. The van der Waals surface area contributed by atoms with Gasteiger partial charge < -0.3 is 23.8 Å². The number of hydrogen-bond acceptors (Lipinski definition) is 9. The second-order valence-electron chi connectivity index (χ2n) is 14.7. The Morgan fingerprint density at radius 2 is 1.49 bits per heavy atom. The van der Waals surface area contributed by atoms with Gasteiger partial charge in [-0.2, -0.15) is 0 Å². The minimum atomic E-state index is -1.11. The highest BCUT2D eigenvalue weighted by molar-refractivity contribution is 7.18. The molecular weight excluding hydrogens is 758 g/mol. The Balaban J connectivity index is 1.36. The minimum absolute atomic E-state index is 0.226. The van der Waals surface area contributed by atoms with E-state index in [-0.39, 0.29) is 12.7 Å². The molecule has 0 unspecified atom stereocenters. The van der Waals surface area contributed by atoms with Crippen LogP contribution in [0.5, 0.6) is 11.6 Å². The van der Waals surface area contributed by atoms with Gasteiger partial charge >= 0.3 is 6.09 Å². The summed E-state index contributed by atoms with van der Waals surface area (Å²) in [6.07, 6.45) is 0.201. The molecule has 0 atom stereocenters. The number of hydrogen-bond donors (Lipinski definition) is 0. The van der Waals surface area contributed by atoms with E-state index in [1.54, 1.807) is 29.4 Å². The maximum Gasteiger partial charge on any atom is 0.410 e. The van der Waals surface area contributed by atoms with E-state index in [4.69, 9.17) is 28.9 Å². The summed E-state index contributed by atoms with van der Waals surface area (Å²) in [6.45, 7) is 6.99. The van der Waals surface area contributed by atoms with Crippen LogP contribution in [0.3, 0.4) is 0 Å². The van der Waals surface area contributed by atoms with Gasteiger partial charge in [0.2, 0.25) is 5.88 Å². The number of fused-ring (bicyclic) bond motifs is 2. The van der Waals surface area contributed by atoms with Crippen LogP contribution >= 0.6 is 22.7 Å². The van der Waals surface area contributed by atoms with Crippen molar-refractivity contribution in [3.05, 3.63) is 154 Å². The summed E-state index contributed by atoms with van der Waals surface area (Å²) in [4.78, 5) is 26.5. The Kier molecular flexibility index (Phi) is 10.8. The van der Waals surface area contributed by atoms with Gasteiger partial charge in [0.25, 0.3) is 0 Å². The zero-order valence-electron chi connectivity index (χ0n) is 32.2. The zero-order chi connectivity index (χ0) is 39.6. The van der Waals surface area contributed by atoms with E-state index < -0.39 is 17.0 Å². The van der Waals surface area contributed by atoms with Crippen LogP contribution in [0.1, 0.15) is 48.0 Å². The molecule has 8 rings (SSSR count). The van der Waals surface area contributed by atoms with Gasteiger partial charge in [-0.1, -0.05) is 91.0 Å². The third-order valence-electron chi connectivity index (χ3n) is 9.71. The maximum absolute atomic E-state index is 14.9. The molecule has 7 aromatic rings. The number of pyridine rings is 1. The Hall–Kier alpha value is -5.62. The molecule has 3 aromatic heterocycles. The molecule has 290 valence electrons. The molecule has 0 fully saturated rings. The molecule has 0 aliphatic carbocycles. The molecule has 0 saturated heterocycles. The molecule has 11 heteroatoms. The predicted octanol–water partition coefficient (Wildman–Crippen LogP) is 10.9. The summed E-state index contributed by atoms with van der Waals surface area (Å²) in [7, 11) is 1.60. The highest BCUT2D eigenvalue weighted by atomic mass is 32.1. The van der Waals surface area contributed by atoms with E-state index >= 15 is 0 Å². The first-order valence-corrected chi connectivity index (χ1v) is 20.5. The van der Waals surface area contributed by atoms with Gasteiger partial charge in [-0.15, -0.1) is 22.7 Å². The topological polar surface area (TPSA) is 83.0 Å². The van der Waals surface area contributed by atoms with Crippen molar-refractivity contribution in [1.29, 1.82) is 0 Å². The number of amides is 1. The summed E-state index contributed by atoms with van der Waals surface area (Å²) in [5, 5.41) is 3.45. The maximum atomic E-state index is 14.9. The molecule has 0 radical (unpaired) electrons. The quantitative estimate of drug-likeness (QED) is 0.0952. The number of thiophene rings is 1. The van der Waals surface area contributed by atoms with Gasteiger partial charge in [0.15, 0.2) is 5.60 Å². The summed E-state index contributed by atoms with van der Waals surface area (Å²) in [6, 6.07) is 37.1. The second kappa shape index (κ2) is 16.1. The van der Waals surface area contributed by atoms with Crippen LogP contribution in [0.4, 0.5) is 9.18 Å². The summed E-state index contributed by atoms with van der Waals surface area (Å²) in [5.74, 6) is 0.352. The number of halogens is 1. The van der Waals surface area contributed by atoms with Gasteiger partial charge in [0.1, 0.15) is 34.5 Å². The van der Waals surface area contributed by atoms with Crippen molar-refractivity contribution in [1.82, 2.24) is 14.9 Å². The average Bonchev–Trinajstić information content (AvgIpc) is 3.89. The number of methoxy groups -OCH3 is 1. The molecule has 1 aliphatic rings. The Labute approximate surface area is 339 Å². The smallest absolute Gasteiger partial charge is 0.410 e. The highest BCUT2D eigenvalue weighted by Crippen LogP contribution is 2.50. The van der Waals surface area contributed by atoms with Gasteiger partial charge in [-0.3, -0.25) is 0 Å². The molecule has 4 heterocycles. The zero-order valence-corrected chi connectivity index (χ0v) is 33.8. The number of rotatable bonds is 11. The number of aromatic nitrogens is 2. The molecule has 8 nitrogen and oxygen atoms in total. The van der Waals surface area contributed by atoms with E-state index in [1.165, 1.54) is 23.5 Å². The predicted molar refractivity (Wildman–Crippen MR) is 224 cm³/mol. The molecule has 0 N–H and O–H groups in total. The highest BCUT2D eigenvalue weighted by Gasteiger charge is 2.41. The Bertz CT molecular complexity index is 2400. The number of carbonyl (C=O) groups excluding carboxylic acids is 1. The summed E-state index contributed by atoms with van der Waals surface area (Å²) in [5.41, 5.74) is 3.94. The third-order valence-corrected chi connectivity index (χ3v) is 11.7. The lowest BCUT2D eigenvalue weighted by atomic mass is 9.80. The molecule has 0 saturated carbocycles. The first-order chi connectivity index (χ1) is 27.6. The lowest BCUT2D eigenvalue weighted by Crippen LogP contribution is -2.39. The normalized spacial score (nSPS) is 13.0. The van der Waals surface area contributed by atoms with E-state index in [0.29, 0.717) is 54.0 Å². The minimum Gasteiger partial charge on any atom is -0.490 e. The number of nitrogens with zero attached hydrogens (tertiary/aromatic N) is 3. The SMILES string of the molecule is COCCOc1cc(F)ccc1-c1c(-c2nc3c(s2)CN(C(=O)OC(C)(C)C)CC3)nc(OC(c2ccccc2)(c2ccccc2)c2ccccc2)c2ccsc12. The van der Waals surface area contributed by atoms with Gasteiger partial charge in [0, 0.05) is 63.5 Å². The molecular formula is C46H42FN3O5S2. The van der Waals surface area contributed by atoms with E-state index in [9.17, 15) is 9.18 Å². The van der Waals surface area contributed by atoms with E-state index in [0.717, 1.165) is 42.9 Å². The first-order valence-electron chi connectivity index (χ1n) is 18.8. The van der Waals surface area contributed by atoms with Crippen molar-refractivity contribution in [3.63, 3.8) is 0 Å². The number of ether oxygens (including phenoxy) is 4. The van der Waals surface area contributed by atoms with Crippen LogP contribution in [0, 0.1) is 5.82 Å². The van der Waals surface area contributed by atoms with E-state index in [1.807, 2.05) is 86.8 Å². The van der Waals surface area contributed by atoms with Crippen LogP contribution in [-0.2, 0) is 28.0 Å². The van der Waals surface area contributed by atoms with Crippen molar-refractivity contribution in [2.75, 3.05) is 26.9 Å². The number of benzene rings is 4. The molecule has 57 heavy (non-hydrogen) atoms. The molecule has 1 amide bonds. The first kappa shape index (κ1) is 38.3. The Morgan fingerprint density at radius 3 is 2.11 bits per heavy atom. The summed E-state index contributed by atoms with van der Waals surface area (Å²) >= 11 is 3.03. The van der Waals surface area contributed by atoms with Gasteiger partial charge in [-0.25, -0.2) is 19.2 Å².